The molecule has 1 spiro atoms. The lowest BCUT2D eigenvalue weighted by molar-refractivity contribution is -0.153. The molecule has 1 unspecified atom stereocenters. The monoisotopic (exact) mass is 519 g/mol. The van der Waals surface area contributed by atoms with Gasteiger partial charge in [-0.1, -0.05) is 31.5 Å². The molecule has 1 heterocycles. The van der Waals surface area contributed by atoms with Crippen LogP contribution in [0.25, 0.3) is 5.57 Å². The molecule has 34 heavy (non-hydrogen) atoms. The lowest BCUT2D eigenvalue weighted by atomic mass is 9.78. The normalized spacial score (nSPS) is 24.9. The summed E-state index contributed by atoms with van der Waals surface area (Å²) in [4.78, 5) is 13.5. The zero-order valence-electron chi connectivity index (χ0n) is 20.3. The van der Waals surface area contributed by atoms with E-state index in [9.17, 15) is 18.0 Å². The number of methoxy groups -OCH3 is 1. The maximum Gasteiger partial charge on any atom is 0.412 e. The molecule has 0 aromatic heterocycles. The van der Waals surface area contributed by atoms with E-state index in [1.807, 2.05) is 32.9 Å². The van der Waals surface area contributed by atoms with Gasteiger partial charge in [0.15, 0.2) is 6.61 Å². The zero-order valence-corrected chi connectivity index (χ0v) is 22.0. The van der Waals surface area contributed by atoms with Gasteiger partial charge in [0.05, 0.1) is 17.2 Å². The highest BCUT2D eigenvalue weighted by Gasteiger charge is 2.51. The van der Waals surface area contributed by atoms with Crippen LogP contribution in [-0.4, -0.2) is 44.1 Å². The quantitative estimate of drug-likeness (QED) is 0.439. The SMILES string of the molecule is CCc1cc(C)cc(CC)c1C1=C(OP(C)(=S)OCC(F)(F)F)C2(CCC(OC)CC2)NC1=O. The Morgan fingerprint density at radius 3 is 2.21 bits per heavy atom. The van der Waals surface area contributed by atoms with Gasteiger partial charge in [-0.05, 0) is 73.9 Å². The second-order valence-corrected chi connectivity index (χ2v) is 13.1. The van der Waals surface area contributed by atoms with Gasteiger partial charge in [-0.3, -0.25) is 4.79 Å². The number of hydrogen-bond donors (Lipinski definition) is 1. The lowest BCUT2D eigenvalue weighted by Gasteiger charge is -2.39. The molecule has 1 aliphatic carbocycles. The van der Waals surface area contributed by atoms with E-state index in [-0.39, 0.29) is 12.0 Å². The van der Waals surface area contributed by atoms with Crippen molar-refractivity contribution in [1.82, 2.24) is 5.32 Å². The van der Waals surface area contributed by atoms with Gasteiger partial charge in [-0.25, -0.2) is 0 Å². The van der Waals surface area contributed by atoms with Crippen LogP contribution in [0.15, 0.2) is 17.9 Å². The molecule has 1 aromatic carbocycles. The Morgan fingerprint density at radius 1 is 1.18 bits per heavy atom. The minimum Gasteiger partial charge on any atom is -0.445 e. The molecular weight excluding hydrogens is 486 g/mol. The number of hydrogen-bond acceptors (Lipinski definition) is 5. The van der Waals surface area contributed by atoms with Gasteiger partial charge in [0.1, 0.15) is 5.76 Å². The van der Waals surface area contributed by atoms with E-state index in [2.05, 4.69) is 5.32 Å². The highest BCUT2D eigenvalue weighted by molar-refractivity contribution is 8.09. The van der Waals surface area contributed by atoms with Crippen molar-refractivity contribution >= 4 is 29.8 Å². The summed E-state index contributed by atoms with van der Waals surface area (Å²) in [5.74, 6) is 0.0401. The molecule has 1 fully saturated rings. The van der Waals surface area contributed by atoms with Crippen molar-refractivity contribution in [2.24, 2.45) is 0 Å². The smallest absolute Gasteiger partial charge is 0.412 e. The van der Waals surface area contributed by atoms with Crippen LogP contribution >= 0.6 is 6.49 Å². The average molecular weight is 520 g/mol. The minimum atomic E-state index is -4.53. The molecule has 5 nitrogen and oxygen atoms in total. The van der Waals surface area contributed by atoms with Gasteiger partial charge in [0.25, 0.3) is 5.91 Å². The standard InChI is InChI=1S/C24H33F3NO4PS/c1-6-16-12-15(3)13-17(7-2)19(16)20-21(32-33(5,34)31-14-24(25,26)27)23(28-22(20)29)10-8-18(30-4)9-11-23/h12-13,18H,6-11,14H2,1-5H3,(H,28,29). The summed E-state index contributed by atoms with van der Waals surface area (Å²) in [6, 6.07) is 4.09. The lowest BCUT2D eigenvalue weighted by Crippen LogP contribution is -2.48. The number of benzene rings is 1. The van der Waals surface area contributed by atoms with Crippen LogP contribution in [0.3, 0.4) is 0 Å². The van der Waals surface area contributed by atoms with Crippen LogP contribution in [0, 0.1) is 6.92 Å². The Kier molecular flexibility index (Phi) is 8.23. The van der Waals surface area contributed by atoms with Crippen LogP contribution in [-0.2, 0) is 43.2 Å². The summed E-state index contributed by atoms with van der Waals surface area (Å²) in [7, 11) is 1.65. The molecule has 1 aliphatic heterocycles. The van der Waals surface area contributed by atoms with Gasteiger partial charge in [0, 0.05) is 13.8 Å². The fourth-order valence-electron chi connectivity index (χ4n) is 4.91. The van der Waals surface area contributed by atoms with Crippen molar-refractivity contribution < 1.29 is 31.8 Å². The molecule has 0 bridgehead atoms. The van der Waals surface area contributed by atoms with E-state index in [0.29, 0.717) is 49.9 Å². The fraction of sp³-hybridized carbons (Fsp3) is 0.625. The third-order valence-electron chi connectivity index (χ3n) is 6.54. The van der Waals surface area contributed by atoms with Crippen LogP contribution < -0.4 is 5.32 Å². The van der Waals surface area contributed by atoms with Gasteiger partial charge < -0.3 is 19.1 Å². The average Bonchev–Trinajstić information content (AvgIpc) is 3.01. The van der Waals surface area contributed by atoms with Gasteiger partial charge in [0.2, 0.25) is 6.49 Å². The van der Waals surface area contributed by atoms with Gasteiger partial charge in [-0.15, -0.1) is 0 Å². The number of alkyl halides is 3. The topological polar surface area (TPSA) is 56.8 Å². The van der Waals surface area contributed by atoms with E-state index in [1.165, 1.54) is 6.66 Å². The maximum absolute atomic E-state index is 13.5. The van der Waals surface area contributed by atoms with Crippen molar-refractivity contribution in [2.45, 2.75) is 77.1 Å². The molecule has 1 amide bonds. The van der Waals surface area contributed by atoms with E-state index in [4.69, 9.17) is 25.6 Å². The number of amides is 1. The summed E-state index contributed by atoms with van der Waals surface area (Å²) in [5, 5.41) is 3.12. The first kappa shape index (κ1) is 27.2. The number of carbonyl (C=O) groups is 1. The van der Waals surface area contributed by atoms with E-state index in [1.54, 1.807) is 7.11 Å². The third kappa shape index (κ3) is 5.86. The van der Waals surface area contributed by atoms with Gasteiger partial charge >= 0.3 is 6.18 Å². The highest BCUT2D eigenvalue weighted by Crippen LogP contribution is 2.55. The summed E-state index contributed by atoms with van der Waals surface area (Å²) in [6.07, 6.45) is -0.644. The van der Waals surface area contributed by atoms with Crippen LogP contribution in [0.1, 0.15) is 61.8 Å². The molecule has 1 aromatic rings. The summed E-state index contributed by atoms with van der Waals surface area (Å²) in [5.41, 5.74) is 3.39. The summed E-state index contributed by atoms with van der Waals surface area (Å²) >= 11 is 5.40. The van der Waals surface area contributed by atoms with Crippen LogP contribution in [0.5, 0.6) is 0 Å². The summed E-state index contributed by atoms with van der Waals surface area (Å²) < 4.78 is 55.3. The number of carbonyl (C=O) groups excluding carboxylic acids is 1. The van der Waals surface area contributed by atoms with Crippen LogP contribution in [0.2, 0.25) is 0 Å². The molecule has 3 rings (SSSR count). The molecular formula is C24H33F3NO4PS. The first-order valence-corrected chi connectivity index (χ1v) is 14.6. The van der Waals surface area contributed by atoms with E-state index >= 15 is 0 Å². The van der Waals surface area contributed by atoms with Crippen molar-refractivity contribution in [2.75, 3.05) is 20.4 Å². The van der Waals surface area contributed by atoms with Crippen molar-refractivity contribution in [3.63, 3.8) is 0 Å². The number of ether oxygens (including phenoxy) is 1. The first-order valence-electron chi connectivity index (χ1n) is 11.6. The molecule has 0 radical (unpaired) electrons. The second-order valence-electron chi connectivity index (χ2n) is 9.09. The summed E-state index contributed by atoms with van der Waals surface area (Å²) in [6.45, 7) is 2.57. The Bertz CT molecular complexity index is 991. The highest BCUT2D eigenvalue weighted by atomic mass is 32.5. The largest absolute Gasteiger partial charge is 0.445 e. The van der Waals surface area contributed by atoms with E-state index < -0.39 is 24.8 Å². The second kappa shape index (κ2) is 10.3. The number of rotatable bonds is 8. The number of halogens is 3. The van der Waals surface area contributed by atoms with Crippen molar-refractivity contribution in [3.8, 4) is 0 Å². The Morgan fingerprint density at radius 2 is 1.74 bits per heavy atom. The number of nitrogens with one attached hydrogen (secondary N) is 1. The molecule has 0 saturated heterocycles. The third-order valence-corrected chi connectivity index (χ3v) is 8.19. The molecule has 10 heteroatoms. The predicted molar refractivity (Wildman–Crippen MR) is 130 cm³/mol. The molecule has 1 N–H and O–H groups in total. The number of aryl methyl sites for hydroxylation is 3. The molecule has 1 atom stereocenters. The predicted octanol–water partition coefficient (Wildman–Crippen LogP) is 5.82. The van der Waals surface area contributed by atoms with E-state index in [0.717, 1.165) is 22.3 Å². The zero-order chi connectivity index (χ0) is 25.3. The van der Waals surface area contributed by atoms with Gasteiger partial charge in [-0.2, -0.15) is 13.2 Å². The maximum atomic E-state index is 13.5. The fourth-order valence-corrected chi connectivity index (χ4v) is 6.33. The molecule has 1 saturated carbocycles. The first-order chi connectivity index (χ1) is 15.8. The minimum absolute atomic E-state index is 0.0516. The van der Waals surface area contributed by atoms with Crippen LogP contribution in [0.4, 0.5) is 13.2 Å². The van der Waals surface area contributed by atoms with Crippen molar-refractivity contribution in [3.05, 3.63) is 40.1 Å². The Labute approximate surface area is 204 Å². The molecule has 190 valence electrons. The molecule has 2 aliphatic rings. The van der Waals surface area contributed by atoms with Crippen molar-refractivity contribution in [1.29, 1.82) is 0 Å². The Balaban J connectivity index is 2.17. The Hall–Kier alpha value is -1.41.